The molecule has 1 fully saturated rings. The van der Waals surface area contributed by atoms with E-state index >= 15 is 0 Å². The Kier molecular flexibility index (Phi) is 5.18. The summed E-state index contributed by atoms with van der Waals surface area (Å²) in [7, 11) is 1.50. The Balaban J connectivity index is 1.78. The van der Waals surface area contributed by atoms with E-state index in [-0.39, 0.29) is 12.5 Å². The van der Waals surface area contributed by atoms with Gasteiger partial charge in [0.2, 0.25) is 5.91 Å². The fourth-order valence-corrected chi connectivity index (χ4v) is 2.01. The second kappa shape index (κ2) is 7.11. The van der Waals surface area contributed by atoms with Crippen LogP contribution >= 0.6 is 0 Å². The first-order valence-corrected chi connectivity index (χ1v) is 6.48. The van der Waals surface area contributed by atoms with Crippen molar-refractivity contribution in [3.63, 3.8) is 0 Å². The van der Waals surface area contributed by atoms with Crippen LogP contribution in [0.4, 0.5) is 11.4 Å². The lowest BCUT2D eigenvalue weighted by Crippen LogP contribution is -2.17. The number of carbonyl (C=O) groups is 1. The Morgan fingerprint density at radius 2 is 2.11 bits per heavy atom. The minimum absolute atomic E-state index is 0.0711. The number of carbonyl (C=O) groups excluding carboxylic acids is 1. The van der Waals surface area contributed by atoms with Crippen LogP contribution in [-0.2, 0) is 14.3 Å². The van der Waals surface area contributed by atoms with Gasteiger partial charge in [-0.3, -0.25) is 4.79 Å². The second-order valence-corrected chi connectivity index (χ2v) is 4.67. The fraction of sp³-hybridized carbons (Fsp3) is 0.500. The zero-order valence-electron chi connectivity index (χ0n) is 11.1. The number of hydrogen-bond donors (Lipinski definition) is 2. The molecule has 0 spiro atoms. The molecule has 1 saturated heterocycles. The van der Waals surface area contributed by atoms with Crippen LogP contribution in [0.2, 0.25) is 0 Å². The predicted molar refractivity (Wildman–Crippen MR) is 74.4 cm³/mol. The van der Waals surface area contributed by atoms with Gasteiger partial charge in [0, 0.05) is 37.6 Å². The van der Waals surface area contributed by atoms with E-state index in [9.17, 15) is 4.79 Å². The van der Waals surface area contributed by atoms with Gasteiger partial charge in [-0.15, -0.1) is 0 Å². The molecule has 1 aliphatic rings. The average Bonchev–Trinajstić information content (AvgIpc) is 2.91. The highest BCUT2D eigenvalue weighted by Gasteiger charge is 2.14. The van der Waals surface area contributed by atoms with Crippen LogP contribution in [0.15, 0.2) is 24.3 Å². The summed E-state index contributed by atoms with van der Waals surface area (Å²) in [5, 5.41) is 6.13. The van der Waals surface area contributed by atoms with Gasteiger partial charge in [0.05, 0.1) is 6.61 Å². The molecule has 1 atom stereocenters. The molecule has 1 unspecified atom stereocenters. The highest BCUT2D eigenvalue weighted by atomic mass is 16.5. The van der Waals surface area contributed by atoms with E-state index in [1.165, 1.54) is 7.11 Å². The zero-order valence-corrected chi connectivity index (χ0v) is 11.1. The summed E-state index contributed by atoms with van der Waals surface area (Å²) in [5.41, 5.74) is 1.83. The minimum atomic E-state index is -0.147. The van der Waals surface area contributed by atoms with Gasteiger partial charge in [0.25, 0.3) is 0 Å². The molecule has 1 aromatic rings. The molecule has 0 saturated carbocycles. The molecular weight excluding hydrogens is 244 g/mol. The van der Waals surface area contributed by atoms with Gasteiger partial charge in [-0.2, -0.15) is 0 Å². The summed E-state index contributed by atoms with van der Waals surface area (Å²) in [4.78, 5) is 11.3. The average molecular weight is 264 g/mol. The molecule has 19 heavy (non-hydrogen) atoms. The van der Waals surface area contributed by atoms with Crippen LogP contribution in [0, 0.1) is 5.92 Å². The quantitative estimate of drug-likeness (QED) is 0.821. The van der Waals surface area contributed by atoms with Gasteiger partial charge in [-0.25, -0.2) is 0 Å². The predicted octanol–water partition coefficient (Wildman–Crippen LogP) is 1.72. The van der Waals surface area contributed by atoms with Gasteiger partial charge in [-0.1, -0.05) is 0 Å². The lowest BCUT2D eigenvalue weighted by Gasteiger charge is -2.11. The SMILES string of the molecule is COCC(=O)Nc1ccc(NCC2CCOC2)cc1. The Morgan fingerprint density at radius 3 is 2.74 bits per heavy atom. The van der Waals surface area contributed by atoms with Gasteiger partial charge in [-0.05, 0) is 30.7 Å². The Labute approximate surface area is 113 Å². The lowest BCUT2D eigenvalue weighted by atomic mass is 10.1. The summed E-state index contributed by atoms with van der Waals surface area (Å²) >= 11 is 0. The fourth-order valence-electron chi connectivity index (χ4n) is 2.01. The number of anilines is 2. The van der Waals surface area contributed by atoms with E-state index in [0.29, 0.717) is 5.92 Å². The summed E-state index contributed by atoms with van der Waals surface area (Å²) in [6.45, 7) is 2.71. The van der Waals surface area contributed by atoms with E-state index < -0.39 is 0 Å². The molecule has 0 aliphatic carbocycles. The maximum Gasteiger partial charge on any atom is 0.250 e. The number of rotatable bonds is 6. The van der Waals surface area contributed by atoms with Crippen LogP contribution in [0.25, 0.3) is 0 Å². The third-order valence-corrected chi connectivity index (χ3v) is 3.06. The molecule has 0 aromatic heterocycles. The van der Waals surface area contributed by atoms with Gasteiger partial charge < -0.3 is 20.1 Å². The van der Waals surface area contributed by atoms with Crippen molar-refractivity contribution < 1.29 is 14.3 Å². The van der Waals surface area contributed by atoms with Crippen molar-refractivity contribution in [2.75, 3.05) is 44.1 Å². The van der Waals surface area contributed by atoms with Crippen LogP contribution in [0.3, 0.4) is 0 Å². The first kappa shape index (κ1) is 13.8. The molecule has 104 valence electrons. The topological polar surface area (TPSA) is 59.6 Å². The maximum absolute atomic E-state index is 11.3. The van der Waals surface area contributed by atoms with E-state index in [4.69, 9.17) is 9.47 Å². The van der Waals surface area contributed by atoms with E-state index in [0.717, 1.165) is 37.6 Å². The Bertz CT molecular complexity index is 400. The summed E-state index contributed by atoms with van der Waals surface area (Å²) in [5.74, 6) is 0.451. The molecule has 0 bridgehead atoms. The monoisotopic (exact) mass is 264 g/mol. The molecule has 1 aliphatic heterocycles. The first-order valence-electron chi connectivity index (χ1n) is 6.48. The smallest absolute Gasteiger partial charge is 0.250 e. The molecular formula is C14H20N2O3. The van der Waals surface area contributed by atoms with Crippen LogP contribution < -0.4 is 10.6 Å². The number of benzene rings is 1. The van der Waals surface area contributed by atoms with Crippen molar-refractivity contribution >= 4 is 17.3 Å². The van der Waals surface area contributed by atoms with Gasteiger partial charge >= 0.3 is 0 Å². The molecule has 0 radical (unpaired) electrons. The highest BCUT2D eigenvalue weighted by Crippen LogP contribution is 2.16. The Morgan fingerprint density at radius 1 is 1.37 bits per heavy atom. The number of hydrogen-bond acceptors (Lipinski definition) is 4. The second-order valence-electron chi connectivity index (χ2n) is 4.67. The van der Waals surface area contributed by atoms with Crippen molar-refractivity contribution in [2.45, 2.75) is 6.42 Å². The number of nitrogens with one attached hydrogen (secondary N) is 2. The number of ether oxygens (including phenoxy) is 2. The molecule has 1 amide bonds. The molecule has 5 heteroatoms. The maximum atomic E-state index is 11.3. The molecule has 2 N–H and O–H groups in total. The largest absolute Gasteiger partial charge is 0.385 e. The van der Waals surface area contributed by atoms with Crippen molar-refractivity contribution in [1.29, 1.82) is 0 Å². The molecule has 1 aromatic carbocycles. The van der Waals surface area contributed by atoms with Crippen molar-refractivity contribution in [2.24, 2.45) is 5.92 Å². The van der Waals surface area contributed by atoms with Gasteiger partial charge in [0.1, 0.15) is 6.61 Å². The normalized spacial score (nSPS) is 18.3. The van der Waals surface area contributed by atoms with E-state index in [1.54, 1.807) is 0 Å². The van der Waals surface area contributed by atoms with Crippen molar-refractivity contribution in [1.82, 2.24) is 0 Å². The number of amides is 1. The van der Waals surface area contributed by atoms with E-state index in [1.807, 2.05) is 24.3 Å². The Hall–Kier alpha value is -1.59. The van der Waals surface area contributed by atoms with Gasteiger partial charge in [0.15, 0.2) is 0 Å². The molecule has 1 heterocycles. The highest BCUT2D eigenvalue weighted by molar-refractivity contribution is 5.91. The summed E-state index contributed by atoms with van der Waals surface area (Å²) in [6, 6.07) is 7.67. The van der Waals surface area contributed by atoms with Crippen LogP contribution in [0.1, 0.15) is 6.42 Å². The minimum Gasteiger partial charge on any atom is -0.385 e. The van der Waals surface area contributed by atoms with Crippen molar-refractivity contribution in [3.8, 4) is 0 Å². The standard InChI is InChI=1S/C14H20N2O3/c1-18-10-14(17)16-13-4-2-12(3-5-13)15-8-11-6-7-19-9-11/h2-5,11,15H,6-10H2,1H3,(H,16,17). The third-order valence-electron chi connectivity index (χ3n) is 3.06. The first-order chi connectivity index (χ1) is 9.28. The summed E-state index contributed by atoms with van der Waals surface area (Å²) in [6.07, 6.45) is 1.12. The third kappa shape index (κ3) is 4.54. The van der Waals surface area contributed by atoms with Crippen molar-refractivity contribution in [3.05, 3.63) is 24.3 Å². The molecule has 5 nitrogen and oxygen atoms in total. The van der Waals surface area contributed by atoms with E-state index in [2.05, 4.69) is 10.6 Å². The number of methoxy groups -OCH3 is 1. The zero-order chi connectivity index (χ0) is 13.5. The van der Waals surface area contributed by atoms with Crippen LogP contribution in [-0.4, -0.2) is 39.4 Å². The summed E-state index contributed by atoms with van der Waals surface area (Å²) < 4.78 is 10.1. The lowest BCUT2D eigenvalue weighted by molar-refractivity contribution is -0.119. The molecule has 2 rings (SSSR count). The van der Waals surface area contributed by atoms with Crippen LogP contribution in [0.5, 0.6) is 0 Å².